The number of hydrogen-bond acceptors (Lipinski definition) is 4. The molecule has 1 heterocycles. The van der Waals surface area contributed by atoms with Crippen molar-refractivity contribution < 1.29 is 8.42 Å². The molecular weight excluding hydrogens is 248 g/mol. The summed E-state index contributed by atoms with van der Waals surface area (Å²) in [4.78, 5) is 4.04. The number of hydrogen-bond donors (Lipinski definition) is 1. The number of halogens is 1. The van der Waals surface area contributed by atoms with Crippen molar-refractivity contribution in [2.45, 2.75) is 13.3 Å². The van der Waals surface area contributed by atoms with Gasteiger partial charge in [-0.1, -0.05) is 11.6 Å². The molecule has 4 nitrogen and oxygen atoms in total. The van der Waals surface area contributed by atoms with Crippen LogP contribution in [0.15, 0.2) is 12.3 Å². The molecule has 0 aliphatic heterocycles. The lowest BCUT2D eigenvalue weighted by atomic mass is 10.3. The van der Waals surface area contributed by atoms with E-state index < -0.39 is 9.84 Å². The summed E-state index contributed by atoms with van der Waals surface area (Å²) in [5.41, 5.74) is 1.55. The van der Waals surface area contributed by atoms with Crippen LogP contribution in [0, 0.1) is 6.92 Å². The van der Waals surface area contributed by atoms with Crippen LogP contribution in [0.25, 0.3) is 0 Å². The van der Waals surface area contributed by atoms with Gasteiger partial charge in [0.1, 0.15) is 9.84 Å². The van der Waals surface area contributed by atoms with Gasteiger partial charge in [-0.05, 0) is 19.4 Å². The first-order valence-electron chi connectivity index (χ1n) is 4.93. The van der Waals surface area contributed by atoms with Crippen LogP contribution in [0.1, 0.15) is 12.1 Å². The maximum atomic E-state index is 10.9. The summed E-state index contributed by atoms with van der Waals surface area (Å²) in [6, 6.07) is 1.77. The molecule has 0 saturated heterocycles. The Morgan fingerprint density at radius 1 is 1.50 bits per heavy atom. The minimum absolute atomic E-state index is 0.182. The van der Waals surface area contributed by atoms with Crippen LogP contribution in [0.2, 0.25) is 5.02 Å². The third kappa shape index (κ3) is 4.37. The number of sulfone groups is 1. The van der Waals surface area contributed by atoms with E-state index in [4.69, 9.17) is 11.6 Å². The lowest BCUT2D eigenvalue weighted by molar-refractivity contribution is 0.600. The summed E-state index contributed by atoms with van der Waals surface area (Å²) in [5.74, 6) is 0.182. The highest BCUT2D eigenvalue weighted by Crippen LogP contribution is 2.22. The Labute approximate surface area is 101 Å². The predicted octanol–water partition coefficient (Wildman–Crippen LogP) is 1.89. The van der Waals surface area contributed by atoms with E-state index in [-0.39, 0.29) is 5.75 Å². The Balaban J connectivity index is 2.47. The van der Waals surface area contributed by atoms with Crippen LogP contribution < -0.4 is 5.32 Å². The summed E-state index contributed by atoms with van der Waals surface area (Å²) in [6.45, 7) is 2.40. The SMILES string of the molecule is Cc1nccc(NCCCS(C)(=O)=O)c1Cl. The van der Waals surface area contributed by atoms with E-state index in [1.54, 1.807) is 12.3 Å². The first-order chi connectivity index (χ1) is 7.40. The second kappa shape index (κ2) is 5.50. The topological polar surface area (TPSA) is 59.1 Å². The third-order valence-electron chi connectivity index (χ3n) is 2.07. The number of aromatic nitrogens is 1. The molecule has 0 fully saturated rings. The Kier molecular flexibility index (Phi) is 4.56. The van der Waals surface area contributed by atoms with Crippen LogP contribution in [-0.4, -0.2) is 32.0 Å². The third-order valence-corrected chi connectivity index (χ3v) is 3.58. The maximum Gasteiger partial charge on any atom is 0.147 e. The molecule has 0 radical (unpaired) electrons. The van der Waals surface area contributed by atoms with E-state index in [9.17, 15) is 8.42 Å². The van der Waals surface area contributed by atoms with Crippen molar-refractivity contribution in [3.8, 4) is 0 Å². The Morgan fingerprint density at radius 2 is 2.19 bits per heavy atom. The number of pyridine rings is 1. The van der Waals surface area contributed by atoms with Gasteiger partial charge in [0.25, 0.3) is 0 Å². The molecule has 0 aliphatic carbocycles. The molecule has 0 atom stereocenters. The van der Waals surface area contributed by atoms with Crippen LogP contribution in [0.4, 0.5) is 5.69 Å². The molecule has 1 aromatic heterocycles. The molecule has 0 aromatic carbocycles. The Hall–Kier alpha value is -0.810. The fraction of sp³-hybridized carbons (Fsp3) is 0.500. The van der Waals surface area contributed by atoms with Gasteiger partial charge in [-0.15, -0.1) is 0 Å². The van der Waals surface area contributed by atoms with Crippen molar-refractivity contribution in [1.82, 2.24) is 4.98 Å². The van der Waals surface area contributed by atoms with E-state index in [1.165, 1.54) is 6.26 Å². The maximum absolute atomic E-state index is 10.9. The fourth-order valence-electron chi connectivity index (χ4n) is 1.24. The molecule has 1 N–H and O–H groups in total. The number of aryl methyl sites for hydroxylation is 1. The normalized spacial score (nSPS) is 11.4. The quantitative estimate of drug-likeness (QED) is 0.824. The van der Waals surface area contributed by atoms with Gasteiger partial charge >= 0.3 is 0 Å². The van der Waals surface area contributed by atoms with Gasteiger partial charge in [-0.2, -0.15) is 0 Å². The summed E-state index contributed by atoms with van der Waals surface area (Å²) < 4.78 is 21.8. The van der Waals surface area contributed by atoms with Gasteiger partial charge in [-0.3, -0.25) is 4.98 Å². The largest absolute Gasteiger partial charge is 0.384 e. The summed E-state index contributed by atoms with van der Waals surface area (Å²) in [5, 5.41) is 3.68. The Morgan fingerprint density at radius 3 is 2.81 bits per heavy atom. The van der Waals surface area contributed by atoms with E-state index in [0.29, 0.717) is 18.0 Å². The van der Waals surface area contributed by atoms with E-state index in [0.717, 1.165) is 11.4 Å². The van der Waals surface area contributed by atoms with Crippen molar-refractivity contribution in [2.24, 2.45) is 0 Å². The summed E-state index contributed by atoms with van der Waals surface area (Å²) in [7, 11) is -2.88. The zero-order valence-corrected chi connectivity index (χ0v) is 10.9. The highest BCUT2D eigenvalue weighted by atomic mass is 35.5. The van der Waals surface area contributed by atoms with Crippen molar-refractivity contribution in [3.05, 3.63) is 23.0 Å². The minimum atomic E-state index is -2.88. The molecule has 16 heavy (non-hydrogen) atoms. The van der Waals surface area contributed by atoms with Crippen molar-refractivity contribution in [2.75, 3.05) is 23.9 Å². The van der Waals surface area contributed by atoms with Crippen LogP contribution in [0.3, 0.4) is 0 Å². The average molecular weight is 263 g/mol. The molecule has 90 valence electrons. The smallest absolute Gasteiger partial charge is 0.147 e. The first kappa shape index (κ1) is 13.3. The highest BCUT2D eigenvalue weighted by Gasteiger charge is 2.04. The summed E-state index contributed by atoms with van der Waals surface area (Å²) in [6.07, 6.45) is 3.47. The molecule has 0 amide bonds. The van der Waals surface area contributed by atoms with Gasteiger partial charge < -0.3 is 5.32 Å². The lowest BCUT2D eigenvalue weighted by Gasteiger charge is -2.08. The number of rotatable bonds is 5. The lowest BCUT2D eigenvalue weighted by Crippen LogP contribution is -2.10. The fourth-order valence-corrected chi connectivity index (χ4v) is 2.09. The molecule has 0 saturated carbocycles. The first-order valence-corrected chi connectivity index (χ1v) is 7.37. The van der Waals surface area contributed by atoms with Crippen LogP contribution in [-0.2, 0) is 9.84 Å². The van der Waals surface area contributed by atoms with Crippen molar-refractivity contribution >= 4 is 27.1 Å². The summed E-state index contributed by atoms with van der Waals surface area (Å²) >= 11 is 6.02. The van der Waals surface area contributed by atoms with Crippen molar-refractivity contribution in [3.63, 3.8) is 0 Å². The Bertz CT molecular complexity index is 460. The molecule has 1 rings (SSSR count). The standard InChI is InChI=1S/C10H15ClN2O2S/c1-8-10(11)9(4-6-12-8)13-5-3-7-16(2,14)15/h4,6H,3,5,7H2,1-2H3,(H,12,13). The van der Waals surface area contributed by atoms with Gasteiger partial charge in [0.05, 0.1) is 22.2 Å². The number of anilines is 1. The average Bonchev–Trinajstić information content (AvgIpc) is 2.17. The van der Waals surface area contributed by atoms with Gasteiger partial charge in [0.2, 0.25) is 0 Å². The number of nitrogens with one attached hydrogen (secondary N) is 1. The molecule has 0 bridgehead atoms. The second-order valence-electron chi connectivity index (χ2n) is 3.67. The highest BCUT2D eigenvalue weighted by molar-refractivity contribution is 7.90. The molecule has 1 aromatic rings. The van der Waals surface area contributed by atoms with E-state index in [2.05, 4.69) is 10.3 Å². The monoisotopic (exact) mass is 262 g/mol. The molecular formula is C10H15ClN2O2S. The molecule has 0 unspecified atom stereocenters. The van der Waals surface area contributed by atoms with E-state index >= 15 is 0 Å². The second-order valence-corrected chi connectivity index (χ2v) is 6.31. The zero-order valence-electron chi connectivity index (χ0n) is 9.33. The zero-order chi connectivity index (χ0) is 12.2. The van der Waals surface area contributed by atoms with Crippen LogP contribution >= 0.6 is 11.6 Å². The molecule has 0 spiro atoms. The predicted molar refractivity (Wildman–Crippen MR) is 66.8 cm³/mol. The van der Waals surface area contributed by atoms with Gasteiger partial charge in [0, 0.05) is 19.0 Å². The molecule has 6 heteroatoms. The minimum Gasteiger partial charge on any atom is -0.384 e. The van der Waals surface area contributed by atoms with Gasteiger partial charge in [-0.25, -0.2) is 8.42 Å². The van der Waals surface area contributed by atoms with Crippen LogP contribution in [0.5, 0.6) is 0 Å². The van der Waals surface area contributed by atoms with Crippen molar-refractivity contribution in [1.29, 1.82) is 0 Å². The number of nitrogens with zero attached hydrogens (tertiary/aromatic N) is 1. The van der Waals surface area contributed by atoms with E-state index in [1.807, 2.05) is 6.92 Å². The molecule has 0 aliphatic rings. The van der Waals surface area contributed by atoms with Gasteiger partial charge in [0.15, 0.2) is 0 Å².